The average Bonchev–Trinajstić information content (AvgIpc) is 2.71. The van der Waals surface area contributed by atoms with Gasteiger partial charge in [0.05, 0.1) is 14.2 Å². The number of aryl methyl sites for hydroxylation is 2. The maximum Gasteiger partial charge on any atom is 0.255 e. The summed E-state index contributed by atoms with van der Waals surface area (Å²) in [5.74, 6) is 1.08. The summed E-state index contributed by atoms with van der Waals surface area (Å²) >= 11 is 0. The van der Waals surface area contributed by atoms with Gasteiger partial charge in [-0.3, -0.25) is 4.79 Å². The van der Waals surface area contributed by atoms with E-state index in [0.29, 0.717) is 29.4 Å². The van der Waals surface area contributed by atoms with Crippen LogP contribution >= 0.6 is 0 Å². The first-order chi connectivity index (χ1) is 14.0. The van der Waals surface area contributed by atoms with Crippen LogP contribution in [0.1, 0.15) is 27.0 Å². The number of nitrogens with one attached hydrogen (secondary N) is 1. The lowest BCUT2D eigenvalue weighted by Crippen LogP contribution is -2.13. The number of amides is 1. The van der Waals surface area contributed by atoms with Crippen molar-refractivity contribution in [1.82, 2.24) is 0 Å². The normalized spacial score (nSPS) is 10.3. The molecule has 1 N–H and O–H groups in total. The molecular formula is C24H25NO4. The van der Waals surface area contributed by atoms with Crippen LogP contribution in [0.2, 0.25) is 0 Å². The first-order valence-corrected chi connectivity index (χ1v) is 9.32. The molecule has 0 saturated heterocycles. The zero-order chi connectivity index (χ0) is 20.8. The van der Waals surface area contributed by atoms with Gasteiger partial charge in [0, 0.05) is 11.3 Å². The van der Waals surface area contributed by atoms with Gasteiger partial charge in [-0.05, 0) is 54.8 Å². The van der Waals surface area contributed by atoms with Crippen LogP contribution in [0, 0.1) is 13.8 Å². The van der Waals surface area contributed by atoms with Crippen molar-refractivity contribution in [3.8, 4) is 17.2 Å². The quantitative estimate of drug-likeness (QED) is 0.605. The molecule has 0 aliphatic carbocycles. The molecule has 0 fully saturated rings. The topological polar surface area (TPSA) is 56.8 Å². The zero-order valence-corrected chi connectivity index (χ0v) is 17.1. The second kappa shape index (κ2) is 9.15. The number of hydrogen-bond acceptors (Lipinski definition) is 4. The summed E-state index contributed by atoms with van der Waals surface area (Å²) in [6, 6.07) is 19.0. The second-order valence-electron chi connectivity index (χ2n) is 6.81. The van der Waals surface area contributed by atoms with E-state index >= 15 is 0 Å². The maximum absolute atomic E-state index is 12.8. The van der Waals surface area contributed by atoms with E-state index in [2.05, 4.69) is 11.4 Å². The maximum atomic E-state index is 12.8. The van der Waals surface area contributed by atoms with Gasteiger partial charge in [-0.25, -0.2) is 0 Å². The summed E-state index contributed by atoms with van der Waals surface area (Å²) in [5, 5.41) is 2.93. The Labute approximate surface area is 171 Å². The van der Waals surface area contributed by atoms with Crippen molar-refractivity contribution in [2.75, 3.05) is 19.5 Å². The number of methoxy groups -OCH3 is 2. The predicted octanol–water partition coefficient (Wildman–Crippen LogP) is 5.15. The van der Waals surface area contributed by atoms with E-state index in [1.807, 2.05) is 56.3 Å². The van der Waals surface area contributed by atoms with Crippen molar-refractivity contribution in [3.63, 3.8) is 0 Å². The Kier molecular flexibility index (Phi) is 6.39. The number of carbonyl (C=O) groups excluding carboxylic acids is 1. The molecule has 5 heteroatoms. The van der Waals surface area contributed by atoms with Gasteiger partial charge < -0.3 is 19.5 Å². The predicted molar refractivity (Wildman–Crippen MR) is 114 cm³/mol. The minimum absolute atomic E-state index is 0.249. The summed E-state index contributed by atoms with van der Waals surface area (Å²) in [4.78, 5) is 12.8. The largest absolute Gasteiger partial charge is 0.493 e. The van der Waals surface area contributed by atoms with Crippen LogP contribution in [0.3, 0.4) is 0 Å². The molecule has 0 heterocycles. The van der Waals surface area contributed by atoms with Crippen molar-refractivity contribution in [2.45, 2.75) is 20.5 Å². The molecule has 3 aromatic carbocycles. The monoisotopic (exact) mass is 391 g/mol. The van der Waals surface area contributed by atoms with Crippen molar-refractivity contribution < 1.29 is 19.0 Å². The lowest BCUT2D eigenvalue weighted by Gasteiger charge is -2.16. The molecule has 0 aliphatic rings. The first kappa shape index (κ1) is 20.3. The van der Waals surface area contributed by atoms with E-state index in [0.717, 1.165) is 22.4 Å². The van der Waals surface area contributed by atoms with Crippen molar-refractivity contribution in [2.24, 2.45) is 0 Å². The molecule has 0 saturated carbocycles. The van der Waals surface area contributed by atoms with E-state index in [4.69, 9.17) is 14.2 Å². The molecule has 29 heavy (non-hydrogen) atoms. The Balaban J connectivity index is 1.85. The Morgan fingerprint density at radius 2 is 1.45 bits per heavy atom. The van der Waals surface area contributed by atoms with Gasteiger partial charge in [0.15, 0.2) is 11.5 Å². The van der Waals surface area contributed by atoms with Crippen LogP contribution in [0.15, 0.2) is 60.7 Å². The highest BCUT2D eigenvalue weighted by atomic mass is 16.5. The Hall–Kier alpha value is -3.47. The molecule has 0 radical (unpaired) electrons. The fraction of sp³-hybridized carbons (Fsp3) is 0.208. The first-order valence-electron chi connectivity index (χ1n) is 9.32. The van der Waals surface area contributed by atoms with Crippen LogP contribution in [0.5, 0.6) is 17.2 Å². The lowest BCUT2D eigenvalue weighted by atomic mass is 10.1. The molecular weight excluding hydrogens is 366 g/mol. The fourth-order valence-electron chi connectivity index (χ4n) is 3.13. The highest BCUT2D eigenvalue weighted by molar-refractivity contribution is 6.05. The van der Waals surface area contributed by atoms with Crippen LogP contribution in [0.4, 0.5) is 5.69 Å². The number of anilines is 1. The van der Waals surface area contributed by atoms with Crippen LogP contribution in [0.25, 0.3) is 0 Å². The number of ether oxygens (including phenoxy) is 3. The van der Waals surface area contributed by atoms with E-state index in [-0.39, 0.29) is 5.91 Å². The highest BCUT2D eigenvalue weighted by Crippen LogP contribution is 2.39. The Morgan fingerprint density at radius 3 is 2.00 bits per heavy atom. The van der Waals surface area contributed by atoms with Gasteiger partial charge in [0.1, 0.15) is 6.61 Å². The van der Waals surface area contributed by atoms with Gasteiger partial charge >= 0.3 is 0 Å². The lowest BCUT2D eigenvalue weighted by molar-refractivity contribution is 0.102. The van der Waals surface area contributed by atoms with E-state index in [1.165, 1.54) is 14.2 Å². The molecule has 0 spiro atoms. The number of carbonyl (C=O) groups is 1. The van der Waals surface area contributed by atoms with Crippen molar-refractivity contribution >= 4 is 11.6 Å². The third-order valence-corrected chi connectivity index (χ3v) is 4.43. The summed E-state index contributed by atoms with van der Waals surface area (Å²) < 4.78 is 16.9. The fourth-order valence-corrected chi connectivity index (χ4v) is 3.13. The van der Waals surface area contributed by atoms with Gasteiger partial charge in [0.2, 0.25) is 5.75 Å². The molecule has 3 rings (SSSR count). The van der Waals surface area contributed by atoms with Crippen molar-refractivity contribution in [1.29, 1.82) is 0 Å². The molecule has 0 aliphatic heterocycles. The molecule has 3 aromatic rings. The molecule has 0 bridgehead atoms. The molecule has 5 nitrogen and oxygen atoms in total. The van der Waals surface area contributed by atoms with Gasteiger partial charge in [-0.15, -0.1) is 0 Å². The number of benzene rings is 3. The van der Waals surface area contributed by atoms with E-state index < -0.39 is 0 Å². The Bertz CT molecular complexity index is 954. The van der Waals surface area contributed by atoms with E-state index in [1.54, 1.807) is 12.1 Å². The molecule has 0 unspecified atom stereocenters. The summed E-state index contributed by atoms with van der Waals surface area (Å²) in [6.07, 6.45) is 0. The van der Waals surface area contributed by atoms with Crippen LogP contribution in [-0.4, -0.2) is 20.1 Å². The summed E-state index contributed by atoms with van der Waals surface area (Å²) in [5.41, 5.74) is 4.35. The van der Waals surface area contributed by atoms with Crippen LogP contribution in [-0.2, 0) is 6.61 Å². The van der Waals surface area contributed by atoms with Gasteiger partial charge in [-0.1, -0.05) is 36.4 Å². The number of rotatable bonds is 7. The SMILES string of the molecule is COc1cc(C(=O)Nc2cc(C)cc(C)c2)cc(OC)c1OCc1ccccc1. The minimum atomic E-state index is -0.249. The van der Waals surface area contributed by atoms with Gasteiger partial charge in [-0.2, -0.15) is 0 Å². The summed E-state index contributed by atoms with van der Waals surface area (Å²) in [6.45, 7) is 4.35. The standard InChI is InChI=1S/C24H25NO4/c1-16-10-17(2)12-20(11-16)25-24(26)19-13-21(27-3)23(22(14-19)28-4)29-15-18-8-6-5-7-9-18/h5-14H,15H2,1-4H3,(H,25,26). The molecule has 150 valence electrons. The molecule has 0 atom stereocenters. The smallest absolute Gasteiger partial charge is 0.255 e. The van der Waals surface area contributed by atoms with Crippen molar-refractivity contribution in [3.05, 3.63) is 82.9 Å². The molecule has 1 amide bonds. The molecule has 0 aromatic heterocycles. The third-order valence-electron chi connectivity index (χ3n) is 4.43. The van der Waals surface area contributed by atoms with Gasteiger partial charge in [0.25, 0.3) is 5.91 Å². The average molecular weight is 391 g/mol. The van der Waals surface area contributed by atoms with Crippen LogP contribution < -0.4 is 19.5 Å². The minimum Gasteiger partial charge on any atom is -0.493 e. The number of hydrogen-bond donors (Lipinski definition) is 1. The second-order valence-corrected chi connectivity index (χ2v) is 6.81. The summed E-state index contributed by atoms with van der Waals surface area (Å²) in [7, 11) is 3.07. The zero-order valence-electron chi connectivity index (χ0n) is 17.1. The van der Waals surface area contributed by atoms with E-state index in [9.17, 15) is 4.79 Å². The third kappa shape index (κ3) is 5.08. The Morgan fingerprint density at radius 1 is 0.862 bits per heavy atom. The highest BCUT2D eigenvalue weighted by Gasteiger charge is 2.18.